The number of benzene rings is 2. The van der Waals surface area contributed by atoms with Crippen LogP contribution in [0.15, 0.2) is 48.5 Å². The second-order valence-electron chi connectivity index (χ2n) is 5.05. The van der Waals surface area contributed by atoms with Crippen LogP contribution in [-0.4, -0.2) is 11.5 Å². The summed E-state index contributed by atoms with van der Waals surface area (Å²) < 4.78 is 13.4. The van der Waals surface area contributed by atoms with Gasteiger partial charge in [-0.2, -0.15) is 0 Å². The Kier molecular flexibility index (Phi) is 3.28. The molecule has 20 heavy (non-hydrogen) atoms. The fourth-order valence-electron chi connectivity index (χ4n) is 2.80. The van der Waals surface area contributed by atoms with Crippen molar-refractivity contribution >= 4 is 10.9 Å². The van der Waals surface area contributed by atoms with Crippen LogP contribution in [-0.2, 0) is 0 Å². The van der Waals surface area contributed by atoms with Crippen LogP contribution in [0.25, 0.3) is 10.9 Å². The van der Waals surface area contributed by atoms with Crippen molar-refractivity contribution in [2.24, 2.45) is 5.73 Å². The summed E-state index contributed by atoms with van der Waals surface area (Å²) in [6.07, 6.45) is 0. The van der Waals surface area contributed by atoms with Crippen LogP contribution in [0.4, 0.5) is 4.39 Å². The quantitative estimate of drug-likeness (QED) is 0.747. The van der Waals surface area contributed by atoms with Crippen molar-refractivity contribution in [3.63, 3.8) is 0 Å². The maximum Gasteiger partial charge on any atom is 0.123 e. The first kappa shape index (κ1) is 12.9. The summed E-state index contributed by atoms with van der Waals surface area (Å²) in [4.78, 5) is 3.43. The van der Waals surface area contributed by atoms with Gasteiger partial charge in [0.05, 0.1) is 0 Å². The first-order valence-corrected chi connectivity index (χ1v) is 6.73. The Labute approximate surface area is 117 Å². The van der Waals surface area contributed by atoms with Crippen LogP contribution >= 0.6 is 0 Å². The van der Waals surface area contributed by atoms with Crippen LogP contribution < -0.4 is 5.73 Å². The second kappa shape index (κ2) is 5.10. The first-order chi connectivity index (χ1) is 9.70. The van der Waals surface area contributed by atoms with Crippen LogP contribution in [0.2, 0.25) is 0 Å². The number of halogens is 1. The molecule has 102 valence electrons. The molecule has 2 nitrogen and oxygen atoms in total. The molecule has 0 aliphatic rings. The average Bonchev–Trinajstić information content (AvgIpc) is 2.78. The summed E-state index contributed by atoms with van der Waals surface area (Å²) in [5.74, 6) is -0.243. The van der Waals surface area contributed by atoms with Gasteiger partial charge in [-0.1, -0.05) is 30.3 Å². The average molecular weight is 268 g/mol. The topological polar surface area (TPSA) is 41.8 Å². The molecule has 1 unspecified atom stereocenters. The number of aromatic nitrogens is 1. The van der Waals surface area contributed by atoms with Gasteiger partial charge in [0.1, 0.15) is 5.82 Å². The molecule has 2 aromatic carbocycles. The lowest BCUT2D eigenvalue weighted by Gasteiger charge is -2.15. The molecule has 0 bridgehead atoms. The van der Waals surface area contributed by atoms with Crippen molar-refractivity contribution in [2.75, 3.05) is 6.54 Å². The molecule has 3 N–H and O–H groups in total. The Hall–Kier alpha value is -2.13. The number of aryl methyl sites for hydroxylation is 1. The molecule has 0 saturated carbocycles. The number of aromatic amines is 1. The number of para-hydroxylation sites is 1. The molecule has 1 atom stereocenters. The summed E-state index contributed by atoms with van der Waals surface area (Å²) in [7, 11) is 0. The van der Waals surface area contributed by atoms with Gasteiger partial charge < -0.3 is 10.7 Å². The zero-order valence-electron chi connectivity index (χ0n) is 11.4. The molecule has 0 amide bonds. The lowest BCUT2D eigenvalue weighted by Crippen LogP contribution is -2.15. The smallest absolute Gasteiger partial charge is 0.123 e. The van der Waals surface area contributed by atoms with Gasteiger partial charge in [0.25, 0.3) is 0 Å². The van der Waals surface area contributed by atoms with Gasteiger partial charge in [-0.3, -0.25) is 0 Å². The fourth-order valence-corrected chi connectivity index (χ4v) is 2.80. The van der Waals surface area contributed by atoms with Crippen LogP contribution in [0.1, 0.15) is 22.7 Å². The van der Waals surface area contributed by atoms with E-state index in [1.807, 2.05) is 24.3 Å². The van der Waals surface area contributed by atoms with Crippen molar-refractivity contribution in [2.45, 2.75) is 12.8 Å². The van der Waals surface area contributed by atoms with Gasteiger partial charge >= 0.3 is 0 Å². The highest BCUT2D eigenvalue weighted by Gasteiger charge is 2.18. The third kappa shape index (κ3) is 2.10. The zero-order valence-corrected chi connectivity index (χ0v) is 11.4. The van der Waals surface area contributed by atoms with E-state index in [9.17, 15) is 4.39 Å². The van der Waals surface area contributed by atoms with Gasteiger partial charge in [-0.05, 0) is 36.2 Å². The molecule has 0 saturated heterocycles. The van der Waals surface area contributed by atoms with Crippen molar-refractivity contribution in [3.05, 3.63) is 71.2 Å². The number of H-pyrrole nitrogens is 1. The zero-order chi connectivity index (χ0) is 14.1. The molecule has 0 fully saturated rings. The third-order valence-electron chi connectivity index (χ3n) is 3.84. The number of rotatable bonds is 3. The number of fused-ring (bicyclic) bond motifs is 1. The molecule has 1 aromatic heterocycles. The first-order valence-electron chi connectivity index (χ1n) is 6.73. The molecule has 0 spiro atoms. The summed E-state index contributed by atoms with van der Waals surface area (Å²) in [6, 6.07) is 14.8. The van der Waals surface area contributed by atoms with E-state index in [0.29, 0.717) is 6.54 Å². The molecule has 0 radical (unpaired) electrons. The van der Waals surface area contributed by atoms with Crippen LogP contribution in [0, 0.1) is 12.7 Å². The Bertz CT molecular complexity index is 746. The molecule has 3 heteroatoms. The van der Waals surface area contributed by atoms with E-state index in [2.05, 4.69) is 18.0 Å². The molecule has 3 aromatic rings. The van der Waals surface area contributed by atoms with E-state index in [-0.39, 0.29) is 11.7 Å². The summed E-state index contributed by atoms with van der Waals surface area (Å²) in [5, 5.41) is 1.19. The summed E-state index contributed by atoms with van der Waals surface area (Å²) in [6.45, 7) is 2.52. The Morgan fingerprint density at radius 2 is 1.95 bits per heavy atom. The Balaban J connectivity index is 2.14. The molecular formula is C17H17FN2. The standard InChI is InChI=1S/C17H17FN2/c1-11-14-7-2-3-8-16(14)20-17(11)15(10-19)12-5-4-6-13(18)9-12/h2-9,15,20H,10,19H2,1H3. The summed E-state index contributed by atoms with van der Waals surface area (Å²) >= 11 is 0. The van der Waals surface area contributed by atoms with Crippen LogP contribution in [0.3, 0.4) is 0 Å². The summed E-state index contributed by atoms with van der Waals surface area (Å²) in [5.41, 5.74) is 10.2. The minimum Gasteiger partial charge on any atom is -0.358 e. The van der Waals surface area contributed by atoms with E-state index in [4.69, 9.17) is 5.73 Å². The normalized spacial score (nSPS) is 12.8. The van der Waals surface area contributed by atoms with E-state index in [0.717, 1.165) is 16.8 Å². The fraction of sp³-hybridized carbons (Fsp3) is 0.176. The monoisotopic (exact) mass is 268 g/mol. The number of nitrogens with one attached hydrogen (secondary N) is 1. The molecule has 0 aliphatic carbocycles. The van der Waals surface area contributed by atoms with E-state index < -0.39 is 0 Å². The van der Waals surface area contributed by atoms with Crippen molar-refractivity contribution in [1.82, 2.24) is 4.98 Å². The van der Waals surface area contributed by atoms with Gasteiger partial charge in [0.15, 0.2) is 0 Å². The largest absolute Gasteiger partial charge is 0.358 e. The van der Waals surface area contributed by atoms with Crippen molar-refractivity contribution in [3.8, 4) is 0 Å². The number of hydrogen-bond acceptors (Lipinski definition) is 1. The minimum atomic E-state index is -0.227. The lowest BCUT2D eigenvalue weighted by molar-refractivity contribution is 0.622. The molecule has 1 heterocycles. The third-order valence-corrected chi connectivity index (χ3v) is 3.84. The van der Waals surface area contributed by atoms with Gasteiger partial charge in [0, 0.05) is 29.1 Å². The molecule has 3 rings (SSSR count). The van der Waals surface area contributed by atoms with E-state index >= 15 is 0 Å². The SMILES string of the molecule is Cc1c(C(CN)c2cccc(F)c2)[nH]c2ccccc12. The van der Waals surface area contributed by atoms with E-state index in [1.165, 1.54) is 17.0 Å². The maximum atomic E-state index is 13.4. The Morgan fingerprint density at radius 1 is 1.15 bits per heavy atom. The molecule has 0 aliphatic heterocycles. The van der Waals surface area contributed by atoms with Gasteiger partial charge in [0.2, 0.25) is 0 Å². The predicted octanol–water partition coefficient (Wildman–Crippen LogP) is 3.71. The maximum absolute atomic E-state index is 13.4. The van der Waals surface area contributed by atoms with Crippen molar-refractivity contribution < 1.29 is 4.39 Å². The highest BCUT2D eigenvalue weighted by Crippen LogP contribution is 2.30. The lowest BCUT2D eigenvalue weighted by atomic mass is 9.93. The minimum absolute atomic E-state index is 0.0156. The Morgan fingerprint density at radius 3 is 2.65 bits per heavy atom. The highest BCUT2D eigenvalue weighted by molar-refractivity contribution is 5.84. The number of nitrogens with two attached hydrogens (primary N) is 1. The van der Waals surface area contributed by atoms with Crippen LogP contribution in [0.5, 0.6) is 0 Å². The number of hydrogen-bond donors (Lipinski definition) is 2. The highest BCUT2D eigenvalue weighted by atomic mass is 19.1. The van der Waals surface area contributed by atoms with Gasteiger partial charge in [-0.15, -0.1) is 0 Å². The van der Waals surface area contributed by atoms with E-state index in [1.54, 1.807) is 12.1 Å². The second-order valence-corrected chi connectivity index (χ2v) is 5.05. The molecular weight excluding hydrogens is 251 g/mol. The predicted molar refractivity (Wildman–Crippen MR) is 80.3 cm³/mol. The van der Waals surface area contributed by atoms with Gasteiger partial charge in [-0.25, -0.2) is 4.39 Å². The van der Waals surface area contributed by atoms with Crippen molar-refractivity contribution in [1.29, 1.82) is 0 Å².